The SMILES string of the molecule is CCC1COCCN1Cc1cc(C(=N)N)ccc1OC. The number of hydrogen-bond acceptors (Lipinski definition) is 4. The third-order valence-electron chi connectivity index (χ3n) is 3.79. The van der Waals surface area contributed by atoms with E-state index in [1.54, 1.807) is 7.11 Å². The van der Waals surface area contributed by atoms with Gasteiger partial charge in [0, 0.05) is 30.3 Å². The molecule has 5 heteroatoms. The molecular formula is C15H23N3O2. The van der Waals surface area contributed by atoms with Crippen LogP contribution >= 0.6 is 0 Å². The molecule has 1 heterocycles. The van der Waals surface area contributed by atoms with Crippen molar-refractivity contribution in [3.63, 3.8) is 0 Å². The first kappa shape index (κ1) is 14.8. The zero-order valence-corrected chi connectivity index (χ0v) is 12.2. The van der Waals surface area contributed by atoms with Crippen LogP contribution in [-0.2, 0) is 11.3 Å². The Balaban J connectivity index is 2.21. The monoisotopic (exact) mass is 277 g/mol. The number of hydrogen-bond donors (Lipinski definition) is 2. The third kappa shape index (κ3) is 3.29. The number of nitrogens with one attached hydrogen (secondary N) is 1. The Morgan fingerprint density at radius 2 is 2.35 bits per heavy atom. The van der Waals surface area contributed by atoms with Crippen LogP contribution in [0.15, 0.2) is 18.2 Å². The molecule has 2 rings (SSSR count). The molecule has 0 aliphatic carbocycles. The number of morpholine rings is 1. The highest BCUT2D eigenvalue weighted by Crippen LogP contribution is 2.24. The maximum absolute atomic E-state index is 7.56. The summed E-state index contributed by atoms with van der Waals surface area (Å²) in [6, 6.07) is 6.09. The van der Waals surface area contributed by atoms with Crippen LogP contribution in [0.4, 0.5) is 0 Å². The lowest BCUT2D eigenvalue weighted by Crippen LogP contribution is -2.44. The van der Waals surface area contributed by atoms with Crippen LogP contribution in [0.3, 0.4) is 0 Å². The minimum atomic E-state index is 0.0860. The Bertz CT molecular complexity index is 476. The molecule has 110 valence electrons. The molecule has 0 amide bonds. The van der Waals surface area contributed by atoms with Gasteiger partial charge in [0.25, 0.3) is 0 Å². The molecule has 0 aromatic heterocycles. The van der Waals surface area contributed by atoms with Gasteiger partial charge < -0.3 is 15.2 Å². The Morgan fingerprint density at radius 3 is 3.00 bits per heavy atom. The van der Waals surface area contributed by atoms with Crippen molar-refractivity contribution in [1.82, 2.24) is 4.90 Å². The maximum Gasteiger partial charge on any atom is 0.123 e. The van der Waals surface area contributed by atoms with Crippen LogP contribution in [-0.4, -0.2) is 43.6 Å². The highest BCUT2D eigenvalue weighted by atomic mass is 16.5. The van der Waals surface area contributed by atoms with E-state index in [4.69, 9.17) is 20.6 Å². The first-order valence-electron chi connectivity index (χ1n) is 6.98. The largest absolute Gasteiger partial charge is 0.496 e. The fourth-order valence-corrected chi connectivity index (χ4v) is 2.56. The van der Waals surface area contributed by atoms with Gasteiger partial charge in [-0.2, -0.15) is 0 Å². The number of rotatable bonds is 5. The summed E-state index contributed by atoms with van der Waals surface area (Å²) in [5.74, 6) is 0.930. The fraction of sp³-hybridized carbons (Fsp3) is 0.533. The minimum absolute atomic E-state index is 0.0860. The number of ether oxygens (including phenoxy) is 2. The summed E-state index contributed by atoms with van der Waals surface area (Å²) < 4.78 is 11.0. The number of nitrogens with two attached hydrogens (primary N) is 1. The van der Waals surface area contributed by atoms with Gasteiger partial charge in [-0.05, 0) is 24.6 Å². The standard InChI is InChI=1S/C15H23N3O2/c1-3-13-10-20-7-6-18(13)9-12-8-11(15(16)17)4-5-14(12)19-2/h4-5,8,13H,3,6-7,9-10H2,1-2H3,(H3,16,17). The number of amidine groups is 1. The second-order valence-corrected chi connectivity index (χ2v) is 5.05. The third-order valence-corrected chi connectivity index (χ3v) is 3.79. The zero-order chi connectivity index (χ0) is 14.5. The van der Waals surface area contributed by atoms with Crippen LogP contribution in [0.5, 0.6) is 5.75 Å². The molecule has 1 unspecified atom stereocenters. The first-order valence-corrected chi connectivity index (χ1v) is 6.98. The van der Waals surface area contributed by atoms with Crippen LogP contribution in [0.2, 0.25) is 0 Å². The van der Waals surface area contributed by atoms with Crippen molar-refractivity contribution < 1.29 is 9.47 Å². The van der Waals surface area contributed by atoms with Gasteiger partial charge in [-0.3, -0.25) is 10.3 Å². The second-order valence-electron chi connectivity index (χ2n) is 5.05. The molecule has 3 N–H and O–H groups in total. The predicted octanol–water partition coefficient (Wildman–Crippen LogP) is 1.59. The molecule has 0 spiro atoms. The Labute approximate surface area is 120 Å². The van der Waals surface area contributed by atoms with Crippen molar-refractivity contribution in [3.05, 3.63) is 29.3 Å². The van der Waals surface area contributed by atoms with Gasteiger partial charge >= 0.3 is 0 Å². The molecule has 1 aliphatic rings. The lowest BCUT2D eigenvalue weighted by molar-refractivity contribution is -0.0129. The molecule has 5 nitrogen and oxygen atoms in total. The van der Waals surface area contributed by atoms with Crippen LogP contribution < -0.4 is 10.5 Å². The van der Waals surface area contributed by atoms with Crippen molar-refractivity contribution >= 4 is 5.84 Å². The average molecular weight is 277 g/mol. The summed E-state index contributed by atoms with van der Waals surface area (Å²) in [4.78, 5) is 2.41. The first-order chi connectivity index (χ1) is 9.65. The van der Waals surface area contributed by atoms with E-state index in [-0.39, 0.29) is 5.84 Å². The van der Waals surface area contributed by atoms with Crippen molar-refractivity contribution in [2.75, 3.05) is 26.9 Å². The van der Waals surface area contributed by atoms with Crippen molar-refractivity contribution in [3.8, 4) is 5.75 Å². The van der Waals surface area contributed by atoms with Gasteiger partial charge in [-0.15, -0.1) is 0 Å². The van der Waals surface area contributed by atoms with Gasteiger partial charge in [0.1, 0.15) is 11.6 Å². The Kier molecular flexibility index (Phi) is 4.98. The molecule has 0 saturated carbocycles. The molecule has 1 fully saturated rings. The smallest absolute Gasteiger partial charge is 0.123 e. The summed E-state index contributed by atoms with van der Waals surface area (Å²) in [5.41, 5.74) is 7.38. The van der Waals surface area contributed by atoms with E-state index < -0.39 is 0 Å². The topological polar surface area (TPSA) is 71.6 Å². The van der Waals surface area contributed by atoms with Crippen molar-refractivity contribution in [2.24, 2.45) is 5.73 Å². The van der Waals surface area contributed by atoms with Gasteiger partial charge in [0.15, 0.2) is 0 Å². The Hall–Kier alpha value is -1.59. The summed E-state index contributed by atoms with van der Waals surface area (Å²) in [5, 5.41) is 7.56. The molecule has 1 saturated heterocycles. The summed E-state index contributed by atoms with van der Waals surface area (Å²) in [6.07, 6.45) is 1.06. The fourth-order valence-electron chi connectivity index (χ4n) is 2.56. The van der Waals surface area contributed by atoms with E-state index in [9.17, 15) is 0 Å². The van der Waals surface area contributed by atoms with Crippen LogP contribution in [0.1, 0.15) is 24.5 Å². The van der Waals surface area contributed by atoms with Gasteiger partial charge in [0.2, 0.25) is 0 Å². The summed E-state index contributed by atoms with van der Waals surface area (Å²) >= 11 is 0. The average Bonchev–Trinajstić information content (AvgIpc) is 2.47. The van der Waals surface area contributed by atoms with Gasteiger partial charge in [-0.1, -0.05) is 6.92 Å². The predicted molar refractivity (Wildman–Crippen MR) is 79.3 cm³/mol. The maximum atomic E-state index is 7.56. The molecule has 1 aromatic rings. The summed E-state index contributed by atoms with van der Waals surface area (Å²) in [6.45, 7) is 5.45. The molecule has 20 heavy (non-hydrogen) atoms. The lowest BCUT2D eigenvalue weighted by atomic mass is 10.1. The molecule has 0 radical (unpaired) electrons. The normalized spacial score (nSPS) is 19.8. The van der Waals surface area contributed by atoms with E-state index in [0.717, 1.165) is 49.6 Å². The van der Waals surface area contributed by atoms with E-state index in [1.165, 1.54) is 0 Å². The highest BCUT2D eigenvalue weighted by Gasteiger charge is 2.22. The van der Waals surface area contributed by atoms with Crippen LogP contribution in [0, 0.1) is 5.41 Å². The van der Waals surface area contributed by atoms with E-state index in [1.807, 2.05) is 18.2 Å². The van der Waals surface area contributed by atoms with Gasteiger partial charge in [0.05, 0.1) is 20.3 Å². The number of nitrogen functional groups attached to an aromatic ring is 1. The number of methoxy groups -OCH3 is 1. The molecule has 1 aliphatic heterocycles. The van der Waals surface area contributed by atoms with Gasteiger partial charge in [-0.25, -0.2) is 0 Å². The second kappa shape index (κ2) is 6.72. The summed E-state index contributed by atoms with van der Waals surface area (Å²) in [7, 11) is 1.67. The van der Waals surface area contributed by atoms with E-state index in [0.29, 0.717) is 6.04 Å². The minimum Gasteiger partial charge on any atom is -0.496 e. The van der Waals surface area contributed by atoms with E-state index >= 15 is 0 Å². The molecule has 1 aromatic carbocycles. The number of benzene rings is 1. The van der Waals surface area contributed by atoms with E-state index in [2.05, 4.69) is 11.8 Å². The Morgan fingerprint density at radius 1 is 1.55 bits per heavy atom. The lowest BCUT2D eigenvalue weighted by Gasteiger charge is -2.35. The highest BCUT2D eigenvalue weighted by molar-refractivity contribution is 5.95. The molecule has 0 bridgehead atoms. The zero-order valence-electron chi connectivity index (χ0n) is 12.2. The molecular weight excluding hydrogens is 254 g/mol. The number of nitrogens with zero attached hydrogens (tertiary/aromatic N) is 1. The van der Waals surface area contributed by atoms with Crippen molar-refractivity contribution in [1.29, 1.82) is 5.41 Å². The van der Waals surface area contributed by atoms with Crippen LogP contribution in [0.25, 0.3) is 0 Å². The quantitative estimate of drug-likeness (QED) is 0.633. The molecule has 1 atom stereocenters. The van der Waals surface area contributed by atoms with Crippen molar-refractivity contribution in [2.45, 2.75) is 25.9 Å².